The van der Waals surface area contributed by atoms with Crippen molar-refractivity contribution in [1.29, 1.82) is 5.26 Å². The van der Waals surface area contributed by atoms with Crippen molar-refractivity contribution in [2.75, 3.05) is 0 Å². The van der Waals surface area contributed by atoms with Crippen LogP contribution in [0.15, 0.2) is 30.7 Å². The Morgan fingerprint density at radius 1 is 1.41 bits per heavy atom. The Kier molecular flexibility index (Phi) is 3.49. The third-order valence-electron chi connectivity index (χ3n) is 1.90. The molecule has 0 saturated carbocycles. The van der Waals surface area contributed by atoms with Crippen LogP contribution in [0, 0.1) is 20.7 Å². The highest BCUT2D eigenvalue weighted by atomic mass is 127. The van der Waals surface area contributed by atoms with Crippen LogP contribution < -0.4 is 4.74 Å². The van der Waals surface area contributed by atoms with E-state index in [2.05, 4.69) is 9.97 Å². The van der Waals surface area contributed by atoms with Gasteiger partial charge < -0.3 is 4.74 Å². The standard InChI is InChI=1S/C11H5FIN3O/c12-8-3-7(4-14)1-2-10(8)17-11-9(13)5-15-6-16-11/h1-3,5-6H. The topological polar surface area (TPSA) is 58.8 Å². The van der Waals surface area contributed by atoms with E-state index in [0.717, 1.165) is 6.07 Å². The average molecular weight is 341 g/mol. The number of benzene rings is 1. The highest BCUT2D eigenvalue weighted by molar-refractivity contribution is 14.1. The second kappa shape index (κ2) is 5.05. The van der Waals surface area contributed by atoms with Crippen LogP contribution in [0.5, 0.6) is 11.6 Å². The van der Waals surface area contributed by atoms with Gasteiger partial charge >= 0.3 is 0 Å². The summed E-state index contributed by atoms with van der Waals surface area (Å²) in [7, 11) is 0. The van der Waals surface area contributed by atoms with Crippen LogP contribution in [0.25, 0.3) is 0 Å². The molecule has 84 valence electrons. The normalized spacial score (nSPS) is 9.71. The number of halogens is 2. The third kappa shape index (κ3) is 2.68. The van der Waals surface area contributed by atoms with Gasteiger partial charge in [0, 0.05) is 6.20 Å². The molecule has 6 heteroatoms. The molecule has 4 nitrogen and oxygen atoms in total. The minimum absolute atomic E-state index is 0.0283. The van der Waals surface area contributed by atoms with Crippen LogP contribution >= 0.6 is 22.6 Å². The fourth-order valence-corrected chi connectivity index (χ4v) is 1.54. The van der Waals surface area contributed by atoms with E-state index in [-0.39, 0.29) is 17.2 Å². The molecule has 0 atom stereocenters. The Hall–Kier alpha value is -1.75. The summed E-state index contributed by atoms with van der Waals surface area (Å²) in [6, 6.07) is 5.84. The lowest BCUT2D eigenvalue weighted by atomic mass is 10.2. The van der Waals surface area contributed by atoms with Crippen molar-refractivity contribution in [3.8, 4) is 17.7 Å². The van der Waals surface area contributed by atoms with E-state index in [1.165, 1.54) is 18.5 Å². The Morgan fingerprint density at radius 2 is 2.24 bits per heavy atom. The summed E-state index contributed by atoms with van der Waals surface area (Å²) in [5.41, 5.74) is 0.243. The molecule has 2 rings (SSSR count). The van der Waals surface area contributed by atoms with Crippen LogP contribution in [0.3, 0.4) is 0 Å². The fraction of sp³-hybridized carbons (Fsp3) is 0. The molecule has 0 aliphatic rings. The van der Waals surface area contributed by atoms with Gasteiger partial charge in [0.15, 0.2) is 11.6 Å². The van der Waals surface area contributed by atoms with Crippen LogP contribution in [0.4, 0.5) is 4.39 Å². The SMILES string of the molecule is N#Cc1ccc(Oc2ncncc2I)c(F)c1. The summed E-state index contributed by atoms with van der Waals surface area (Å²) in [6.45, 7) is 0. The Morgan fingerprint density at radius 3 is 2.88 bits per heavy atom. The molecule has 0 aliphatic heterocycles. The molecule has 1 heterocycles. The molecule has 0 spiro atoms. The van der Waals surface area contributed by atoms with Crippen molar-refractivity contribution in [3.05, 3.63) is 45.7 Å². The molecule has 0 amide bonds. The number of hydrogen-bond donors (Lipinski definition) is 0. The number of hydrogen-bond acceptors (Lipinski definition) is 4. The quantitative estimate of drug-likeness (QED) is 0.789. The molecule has 0 unspecified atom stereocenters. The Balaban J connectivity index is 2.32. The van der Waals surface area contributed by atoms with Gasteiger partial charge in [-0.15, -0.1) is 0 Å². The van der Waals surface area contributed by atoms with Crippen molar-refractivity contribution in [2.45, 2.75) is 0 Å². The highest BCUT2D eigenvalue weighted by Gasteiger charge is 2.09. The molecule has 0 fully saturated rings. The van der Waals surface area contributed by atoms with Crippen molar-refractivity contribution in [3.63, 3.8) is 0 Å². The van der Waals surface area contributed by atoms with Gasteiger partial charge in [-0.25, -0.2) is 14.4 Å². The maximum absolute atomic E-state index is 13.5. The average Bonchev–Trinajstić information content (AvgIpc) is 2.34. The van der Waals surface area contributed by atoms with Gasteiger partial charge in [0.05, 0.1) is 15.2 Å². The molecular weight excluding hydrogens is 336 g/mol. The number of nitrogens with zero attached hydrogens (tertiary/aromatic N) is 3. The first kappa shape index (κ1) is 11.7. The molecule has 0 aliphatic carbocycles. The molecule has 0 N–H and O–H groups in total. The number of ether oxygens (including phenoxy) is 1. The lowest BCUT2D eigenvalue weighted by Gasteiger charge is -2.06. The number of aromatic nitrogens is 2. The van der Waals surface area contributed by atoms with E-state index in [4.69, 9.17) is 10.00 Å². The maximum atomic E-state index is 13.5. The Bertz CT molecular complexity index is 598. The van der Waals surface area contributed by atoms with E-state index in [1.54, 1.807) is 6.20 Å². The second-order valence-corrected chi connectivity index (χ2v) is 4.20. The summed E-state index contributed by atoms with van der Waals surface area (Å²) in [5, 5.41) is 8.61. The zero-order chi connectivity index (χ0) is 12.3. The van der Waals surface area contributed by atoms with Gasteiger partial charge in [-0.1, -0.05) is 0 Å². The molecule has 0 bridgehead atoms. The molecule has 1 aromatic heterocycles. The van der Waals surface area contributed by atoms with Crippen molar-refractivity contribution in [1.82, 2.24) is 9.97 Å². The summed E-state index contributed by atoms with van der Waals surface area (Å²) in [4.78, 5) is 7.69. The zero-order valence-corrected chi connectivity index (χ0v) is 10.6. The fourth-order valence-electron chi connectivity index (χ4n) is 1.13. The largest absolute Gasteiger partial charge is 0.435 e. The maximum Gasteiger partial charge on any atom is 0.235 e. The van der Waals surface area contributed by atoms with E-state index >= 15 is 0 Å². The Labute approximate surface area is 110 Å². The summed E-state index contributed by atoms with van der Waals surface area (Å²) in [6.07, 6.45) is 2.88. The van der Waals surface area contributed by atoms with Gasteiger partial charge in [-0.05, 0) is 40.8 Å². The van der Waals surface area contributed by atoms with Gasteiger partial charge in [-0.2, -0.15) is 5.26 Å². The van der Waals surface area contributed by atoms with Crippen molar-refractivity contribution >= 4 is 22.6 Å². The van der Waals surface area contributed by atoms with E-state index in [0.29, 0.717) is 3.57 Å². The molecule has 0 radical (unpaired) electrons. The van der Waals surface area contributed by atoms with Gasteiger partial charge in [-0.3, -0.25) is 0 Å². The highest BCUT2D eigenvalue weighted by Crippen LogP contribution is 2.26. The van der Waals surface area contributed by atoms with Crippen LogP contribution in [0.1, 0.15) is 5.56 Å². The summed E-state index contributed by atoms with van der Waals surface area (Å²) >= 11 is 1.99. The van der Waals surface area contributed by atoms with Gasteiger partial charge in [0.2, 0.25) is 5.88 Å². The molecule has 0 saturated heterocycles. The van der Waals surface area contributed by atoms with Crippen LogP contribution in [-0.2, 0) is 0 Å². The number of nitriles is 1. The van der Waals surface area contributed by atoms with Gasteiger partial charge in [0.1, 0.15) is 6.33 Å². The first-order valence-electron chi connectivity index (χ1n) is 4.53. The number of rotatable bonds is 2. The summed E-state index contributed by atoms with van der Waals surface area (Å²) in [5.74, 6) is -0.289. The predicted molar refractivity (Wildman–Crippen MR) is 65.9 cm³/mol. The van der Waals surface area contributed by atoms with Gasteiger partial charge in [0.25, 0.3) is 0 Å². The first-order valence-corrected chi connectivity index (χ1v) is 5.61. The second-order valence-electron chi connectivity index (χ2n) is 3.03. The lowest BCUT2D eigenvalue weighted by Crippen LogP contribution is -1.94. The summed E-state index contributed by atoms with van der Waals surface area (Å²) < 4.78 is 19.5. The van der Waals surface area contributed by atoms with E-state index < -0.39 is 5.82 Å². The molecule has 2 aromatic rings. The molecule has 1 aromatic carbocycles. The monoisotopic (exact) mass is 341 g/mol. The van der Waals surface area contributed by atoms with E-state index in [9.17, 15) is 4.39 Å². The van der Waals surface area contributed by atoms with Crippen molar-refractivity contribution < 1.29 is 9.13 Å². The van der Waals surface area contributed by atoms with Crippen LogP contribution in [-0.4, -0.2) is 9.97 Å². The van der Waals surface area contributed by atoms with Crippen LogP contribution in [0.2, 0.25) is 0 Å². The molecular formula is C11H5FIN3O. The van der Waals surface area contributed by atoms with Crippen molar-refractivity contribution in [2.24, 2.45) is 0 Å². The predicted octanol–water partition coefficient (Wildman–Crippen LogP) is 2.88. The minimum Gasteiger partial charge on any atom is -0.435 e. The smallest absolute Gasteiger partial charge is 0.235 e. The third-order valence-corrected chi connectivity index (χ3v) is 2.64. The van der Waals surface area contributed by atoms with E-state index in [1.807, 2.05) is 28.7 Å². The molecule has 17 heavy (non-hydrogen) atoms. The zero-order valence-electron chi connectivity index (χ0n) is 8.39. The first-order chi connectivity index (χ1) is 8.20. The minimum atomic E-state index is -0.599. The lowest BCUT2D eigenvalue weighted by molar-refractivity contribution is 0.423.